The lowest BCUT2D eigenvalue weighted by Crippen LogP contribution is -2.30. The van der Waals surface area contributed by atoms with E-state index in [1.54, 1.807) is 7.11 Å². The summed E-state index contributed by atoms with van der Waals surface area (Å²) in [6, 6.07) is 5.79. The first-order valence-corrected chi connectivity index (χ1v) is 10.1. The second kappa shape index (κ2) is 8.37. The Labute approximate surface area is 175 Å². The third-order valence-electron chi connectivity index (χ3n) is 4.16. The SMILES string of the molecule is COc1ccc2c(Br)c([C@@H](COC(=O)C(C)(C)C)OC(C)(C)C)c(C)cc2n1. The average molecular weight is 452 g/mol. The summed E-state index contributed by atoms with van der Waals surface area (Å²) in [5, 5.41) is 0.950. The predicted molar refractivity (Wildman–Crippen MR) is 115 cm³/mol. The zero-order valence-electron chi connectivity index (χ0n) is 18.0. The molecule has 0 amide bonds. The van der Waals surface area contributed by atoms with Crippen molar-refractivity contribution in [1.82, 2.24) is 4.98 Å². The summed E-state index contributed by atoms with van der Waals surface area (Å²) in [7, 11) is 1.60. The van der Waals surface area contributed by atoms with Gasteiger partial charge in [0.15, 0.2) is 0 Å². The van der Waals surface area contributed by atoms with Crippen molar-refractivity contribution < 1.29 is 19.0 Å². The van der Waals surface area contributed by atoms with E-state index in [0.29, 0.717) is 5.88 Å². The number of halogens is 1. The van der Waals surface area contributed by atoms with Crippen LogP contribution in [0.25, 0.3) is 10.9 Å². The molecule has 0 N–H and O–H groups in total. The molecule has 1 heterocycles. The van der Waals surface area contributed by atoms with Crippen molar-refractivity contribution in [3.05, 3.63) is 33.8 Å². The second-order valence-corrected chi connectivity index (χ2v) is 9.70. The maximum Gasteiger partial charge on any atom is 0.311 e. The van der Waals surface area contributed by atoms with Gasteiger partial charge in [-0.3, -0.25) is 4.79 Å². The highest BCUT2D eigenvalue weighted by atomic mass is 79.9. The van der Waals surface area contributed by atoms with E-state index in [2.05, 4.69) is 20.9 Å². The van der Waals surface area contributed by atoms with Crippen molar-refractivity contribution in [2.45, 2.75) is 60.2 Å². The molecule has 0 aliphatic carbocycles. The molecule has 0 radical (unpaired) electrons. The summed E-state index contributed by atoms with van der Waals surface area (Å²) in [5.74, 6) is 0.309. The van der Waals surface area contributed by atoms with Crippen LogP contribution in [0.3, 0.4) is 0 Å². The van der Waals surface area contributed by atoms with Crippen LogP contribution in [0.4, 0.5) is 0 Å². The van der Waals surface area contributed by atoms with Crippen LogP contribution in [-0.4, -0.2) is 30.3 Å². The van der Waals surface area contributed by atoms with Gasteiger partial charge in [-0.05, 0) is 82.1 Å². The first-order chi connectivity index (χ1) is 12.8. The quantitative estimate of drug-likeness (QED) is 0.540. The Morgan fingerprint density at radius 1 is 1.18 bits per heavy atom. The fourth-order valence-corrected chi connectivity index (χ4v) is 3.74. The molecule has 28 heavy (non-hydrogen) atoms. The number of benzene rings is 1. The largest absolute Gasteiger partial charge is 0.481 e. The van der Waals surface area contributed by atoms with Crippen molar-refractivity contribution in [3.63, 3.8) is 0 Å². The van der Waals surface area contributed by atoms with Crippen LogP contribution in [0.2, 0.25) is 0 Å². The molecule has 6 heteroatoms. The fourth-order valence-electron chi connectivity index (χ4n) is 2.83. The van der Waals surface area contributed by atoms with Crippen molar-refractivity contribution in [1.29, 1.82) is 0 Å². The molecule has 0 unspecified atom stereocenters. The summed E-state index contributed by atoms with van der Waals surface area (Å²) >= 11 is 3.73. The summed E-state index contributed by atoms with van der Waals surface area (Å²) in [5.41, 5.74) is 1.81. The van der Waals surface area contributed by atoms with Crippen molar-refractivity contribution >= 4 is 32.8 Å². The summed E-state index contributed by atoms with van der Waals surface area (Å²) in [4.78, 5) is 16.8. The molecular weight excluding hydrogens is 422 g/mol. The molecule has 0 saturated heterocycles. The maximum absolute atomic E-state index is 12.3. The second-order valence-electron chi connectivity index (χ2n) is 8.91. The molecule has 0 aliphatic heterocycles. The summed E-state index contributed by atoms with van der Waals surface area (Å²) in [6.45, 7) is 13.6. The van der Waals surface area contributed by atoms with E-state index in [1.165, 1.54) is 0 Å². The Bertz CT molecular complexity index is 865. The molecular formula is C22H30BrNO4. The number of pyridine rings is 1. The number of nitrogens with zero attached hydrogens (tertiary/aromatic N) is 1. The van der Waals surface area contributed by atoms with E-state index in [4.69, 9.17) is 14.2 Å². The van der Waals surface area contributed by atoms with Crippen LogP contribution < -0.4 is 4.74 Å². The highest BCUT2D eigenvalue weighted by Gasteiger charge is 2.29. The topological polar surface area (TPSA) is 57.7 Å². The van der Waals surface area contributed by atoms with Gasteiger partial charge in [0.05, 0.1) is 23.6 Å². The van der Waals surface area contributed by atoms with Gasteiger partial charge in [-0.25, -0.2) is 4.98 Å². The Morgan fingerprint density at radius 2 is 1.82 bits per heavy atom. The number of esters is 1. The highest BCUT2D eigenvalue weighted by molar-refractivity contribution is 9.10. The van der Waals surface area contributed by atoms with Gasteiger partial charge in [-0.15, -0.1) is 0 Å². The van der Waals surface area contributed by atoms with E-state index >= 15 is 0 Å². The molecule has 0 spiro atoms. The first kappa shape index (κ1) is 22.6. The molecule has 1 atom stereocenters. The Kier molecular flexibility index (Phi) is 6.77. The lowest BCUT2D eigenvalue weighted by molar-refractivity contribution is -0.162. The predicted octanol–water partition coefficient (Wildman–Crippen LogP) is 5.76. The van der Waals surface area contributed by atoms with Gasteiger partial charge in [0.1, 0.15) is 12.7 Å². The first-order valence-electron chi connectivity index (χ1n) is 9.32. The lowest BCUT2D eigenvalue weighted by atomic mass is 9.97. The fraction of sp³-hybridized carbons (Fsp3) is 0.545. The molecule has 0 fully saturated rings. The normalized spacial score (nSPS) is 13.5. The molecule has 154 valence electrons. The van der Waals surface area contributed by atoms with Gasteiger partial charge in [0.2, 0.25) is 5.88 Å². The summed E-state index contributed by atoms with van der Waals surface area (Å²) < 4.78 is 18.0. The number of carbonyl (C=O) groups is 1. The van der Waals surface area contributed by atoms with Crippen LogP contribution >= 0.6 is 15.9 Å². The zero-order valence-corrected chi connectivity index (χ0v) is 19.6. The van der Waals surface area contributed by atoms with Gasteiger partial charge in [-0.1, -0.05) is 0 Å². The molecule has 0 saturated carbocycles. The summed E-state index contributed by atoms with van der Waals surface area (Å²) in [6.07, 6.45) is -0.410. The van der Waals surface area contributed by atoms with Gasteiger partial charge in [0, 0.05) is 21.5 Å². The number of ether oxygens (including phenoxy) is 3. The highest BCUT2D eigenvalue weighted by Crippen LogP contribution is 2.38. The third kappa shape index (κ3) is 5.45. The minimum absolute atomic E-state index is 0.141. The van der Waals surface area contributed by atoms with Gasteiger partial charge in [-0.2, -0.15) is 0 Å². The van der Waals surface area contributed by atoms with Crippen LogP contribution in [0.5, 0.6) is 5.88 Å². The van der Waals surface area contributed by atoms with Gasteiger partial charge >= 0.3 is 5.97 Å². The Hall–Kier alpha value is -1.66. The van der Waals surface area contributed by atoms with E-state index in [0.717, 1.165) is 26.5 Å². The zero-order chi connectivity index (χ0) is 21.3. The van der Waals surface area contributed by atoms with Crippen molar-refractivity contribution in [3.8, 4) is 5.88 Å². The molecule has 0 aliphatic rings. The number of fused-ring (bicyclic) bond motifs is 1. The maximum atomic E-state index is 12.3. The third-order valence-corrected chi connectivity index (χ3v) is 5.01. The number of hydrogen-bond acceptors (Lipinski definition) is 5. The molecule has 1 aromatic carbocycles. The number of carbonyl (C=O) groups excluding carboxylic acids is 1. The number of hydrogen-bond donors (Lipinski definition) is 0. The van der Waals surface area contributed by atoms with Gasteiger partial charge < -0.3 is 14.2 Å². The van der Waals surface area contributed by atoms with Crippen LogP contribution in [-0.2, 0) is 14.3 Å². The molecule has 2 aromatic rings. The van der Waals surface area contributed by atoms with E-state index in [1.807, 2.05) is 66.7 Å². The number of methoxy groups -OCH3 is 1. The number of aromatic nitrogens is 1. The standard InChI is InChI=1S/C22H30BrNO4/c1-13-11-15-14(9-10-17(24-15)26-8)19(23)18(13)16(28-22(5,6)7)12-27-20(25)21(2,3)4/h9-11,16H,12H2,1-8H3/t16-/m1/s1. The Morgan fingerprint density at radius 3 is 2.36 bits per heavy atom. The Balaban J connectivity index is 2.49. The number of aryl methyl sites for hydroxylation is 1. The number of rotatable bonds is 5. The monoisotopic (exact) mass is 451 g/mol. The van der Waals surface area contributed by atoms with E-state index in [-0.39, 0.29) is 12.6 Å². The minimum Gasteiger partial charge on any atom is -0.481 e. The van der Waals surface area contributed by atoms with Crippen molar-refractivity contribution in [2.24, 2.45) is 5.41 Å². The van der Waals surface area contributed by atoms with Crippen LogP contribution in [0.15, 0.2) is 22.7 Å². The molecule has 5 nitrogen and oxygen atoms in total. The van der Waals surface area contributed by atoms with Gasteiger partial charge in [0.25, 0.3) is 0 Å². The minimum atomic E-state index is -0.567. The smallest absolute Gasteiger partial charge is 0.311 e. The molecule has 1 aromatic heterocycles. The van der Waals surface area contributed by atoms with Crippen LogP contribution in [0, 0.1) is 12.3 Å². The van der Waals surface area contributed by atoms with Crippen molar-refractivity contribution in [2.75, 3.05) is 13.7 Å². The van der Waals surface area contributed by atoms with E-state index in [9.17, 15) is 4.79 Å². The van der Waals surface area contributed by atoms with Crippen LogP contribution in [0.1, 0.15) is 58.8 Å². The molecule has 2 rings (SSSR count). The molecule has 0 bridgehead atoms. The average Bonchev–Trinajstić information content (AvgIpc) is 2.56. The lowest BCUT2D eigenvalue weighted by Gasteiger charge is -2.30. The van der Waals surface area contributed by atoms with E-state index < -0.39 is 17.1 Å².